The van der Waals surface area contributed by atoms with Crippen LogP contribution in [0.1, 0.15) is 43.2 Å². The van der Waals surface area contributed by atoms with E-state index in [-0.39, 0.29) is 0 Å². The lowest BCUT2D eigenvalue weighted by Crippen LogP contribution is -2.27. The van der Waals surface area contributed by atoms with E-state index < -0.39 is 0 Å². The van der Waals surface area contributed by atoms with Crippen LogP contribution in [0.3, 0.4) is 0 Å². The molecule has 1 aliphatic rings. The molecule has 38 heavy (non-hydrogen) atoms. The van der Waals surface area contributed by atoms with Crippen molar-refractivity contribution in [3.8, 4) is 22.3 Å². The Morgan fingerprint density at radius 1 is 0.763 bits per heavy atom. The molecule has 4 aromatic rings. The number of rotatable bonds is 8. The molecule has 0 spiro atoms. The molecular formula is C35H39N3. The lowest BCUT2D eigenvalue weighted by atomic mass is 9.86. The Hall–Kier alpha value is -3.85. The first-order valence-electron chi connectivity index (χ1n) is 13.8. The minimum atomic E-state index is 0.544. The number of nitrogens with zero attached hydrogens (tertiary/aromatic N) is 3. The summed E-state index contributed by atoms with van der Waals surface area (Å²) in [4.78, 5) is 9.00. The van der Waals surface area contributed by atoms with Crippen molar-refractivity contribution in [2.24, 2.45) is 5.92 Å². The quantitative estimate of drug-likeness (QED) is 0.240. The van der Waals surface area contributed by atoms with Crippen molar-refractivity contribution in [1.82, 2.24) is 4.98 Å². The molecule has 0 amide bonds. The molecule has 1 aliphatic carbocycles. The fraction of sp³-hybridized carbons (Fsp3) is 0.286. The lowest BCUT2D eigenvalue weighted by Gasteiger charge is -2.34. The Morgan fingerprint density at radius 3 is 2.11 bits per heavy atom. The van der Waals surface area contributed by atoms with Crippen molar-refractivity contribution in [1.29, 1.82) is 0 Å². The summed E-state index contributed by atoms with van der Waals surface area (Å²) in [7, 11) is 4.15. The highest BCUT2D eigenvalue weighted by atomic mass is 15.1. The first kappa shape index (κ1) is 25.8. The monoisotopic (exact) mass is 501 g/mol. The highest BCUT2D eigenvalue weighted by Gasteiger charge is 2.22. The number of anilines is 2. The fourth-order valence-electron chi connectivity index (χ4n) is 5.52. The summed E-state index contributed by atoms with van der Waals surface area (Å²) < 4.78 is 0. The van der Waals surface area contributed by atoms with Gasteiger partial charge in [0.1, 0.15) is 0 Å². The van der Waals surface area contributed by atoms with Gasteiger partial charge in [0.25, 0.3) is 0 Å². The van der Waals surface area contributed by atoms with Gasteiger partial charge in [-0.05, 0) is 83.8 Å². The van der Waals surface area contributed by atoms with E-state index >= 15 is 0 Å². The molecule has 0 aliphatic heterocycles. The summed E-state index contributed by atoms with van der Waals surface area (Å²) in [6.07, 6.45) is 10.3. The van der Waals surface area contributed by atoms with Crippen LogP contribution in [0, 0.1) is 12.8 Å². The van der Waals surface area contributed by atoms with Gasteiger partial charge in [0, 0.05) is 55.7 Å². The van der Waals surface area contributed by atoms with E-state index in [1.807, 2.05) is 12.4 Å². The Bertz CT molecular complexity index is 1360. The Morgan fingerprint density at radius 2 is 1.45 bits per heavy atom. The highest BCUT2D eigenvalue weighted by molar-refractivity contribution is 5.70. The van der Waals surface area contributed by atoms with Crippen molar-refractivity contribution < 1.29 is 0 Å². The smallest absolute Gasteiger partial charge is 0.0478 e. The molecule has 0 N–H and O–H groups in total. The molecule has 1 heterocycles. The van der Waals surface area contributed by atoms with Crippen LogP contribution in [0.25, 0.3) is 22.3 Å². The average Bonchev–Trinajstić information content (AvgIpc) is 2.96. The number of hydrogen-bond acceptors (Lipinski definition) is 3. The van der Waals surface area contributed by atoms with Crippen molar-refractivity contribution in [3.63, 3.8) is 0 Å². The zero-order chi connectivity index (χ0) is 26.5. The zero-order valence-electron chi connectivity index (χ0n) is 23.0. The summed E-state index contributed by atoms with van der Waals surface area (Å²) >= 11 is 0. The molecule has 3 heteroatoms. The van der Waals surface area contributed by atoms with E-state index in [1.54, 1.807) is 0 Å². The molecule has 1 fully saturated rings. The first-order chi connectivity index (χ1) is 18.5. The molecule has 1 saturated carbocycles. The number of pyridine rings is 1. The molecule has 0 bridgehead atoms. The standard InChI is InChI=1S/C35H39N3/c1-26-21-33(24-36-23-26)32-11-8-12-35(22-32)38(27(2)29-9-6-5-7-10-29)25-28-13-15-30(16-14-28)31-17-19-34(20-18-31)37(3)4/h8,11-24,29H,2,5-7,9-10,25H2,1,3-4H3. The third-order valence-electron chi connectivity index (χ3n) is 7.80. The van der Waals surface area contributed by atoms with Gasteiger partial charge in [-0.25, -0.2) is 0 Å². The van der Waals surface area contributed by atoms with E-state index in [0.29, 0.717) is 5.92 Å². The number of allylic oxidation sites excluding steroid dienone is 1. The van der Waals surface area contributed by atoms with Gasteiger partial charge in [-0.1, -0.05) is 74.4 Å². The van der Waals surface area contributed by atoms with E-state index in [1.165, 1.54) is 77.0 Å². The van der Waals surface area contributed by atoms with Crippen LogP contribution in [-0.4, -0.2) is 19.1 Å². The second-order valence-electron chi connectivity index (χ2n) is 10.9. The molecule has 3 aromatic carbocycles. The SMILES string of the molecule is C=C(C1CCCCC1)N(Cc1ccc(-c2ccc(N(C)C)cc2)cc1)c1cccc(-c2cncc(C)c2)c1. The van der Waals surface area contributed by atoms with Crippen molar-refractivity contribution in [2.45, 2.75) is 45.6 Å². The van der Waals surface area contributed by atoms with Gasteiger partial charge in [0.15, 0.2) is 0 Å². The number of benzene rings is 3. The fourth-order valence-corrected chi connectivity index (χ4v) is 5.52. The minimum Gasteiger partial charge on any atom is -0.378 e. The summed E-state index contributed by atoms with van der Waals surface area (Å²) in [5, 5.41) is 0. The van der Waals surface area contributed by atoms with Crippen LogP contribution in [0.2, 0.25) is 0 Å². The highest BCUT2D eigenvalue weighted by Crippen LogP contribution is 2.36. The van der Waals surface area contributed by atoms with Gasteiger partial charge < -0.3 is 9.80 Å². The van der Waals surface area contributed by atoms with Crippen molar-refractivity contribution in [3.05, 3.63) is 115 Å². The summed E-state index contributed by atoms with van der Waals surface area (Å²) in [6, 6.07) is 28.9. The third-order valence-corrected chi connectivity index (χ3v) is 7.80. The van der Waals surface area contributed by atoms with Crippen LogP contribution < -0.4 is 9.80 Å². The maximum atomic E-state index is 4.66. The van der Waals surface area contributed by atoms with Crippen LogP contribution in [0.15, 0.2) is 104 Å². The van der Waals surface area contributed by atoms with Crippen LogP contribution in [-0.2, 0) is 6.54 Å². The Balaban J connectivity index is 1.42. The van der Waals surface area contributed by atoms with Gasteiger partial charge in [-0.15, -0.1) is 0 Å². The van der Waals surface area contributed by atoms with Crippen LogP contribution >= 0.6 is 0 Å². The molecule has 0 atom stereocenters. The second kappa shape index (κ2) is 11.7. The number of aromatic nitrogens is 1. The average molecular weight is 502 g/mol. The predicted molar refractivity (Wildman–Crippen MR) is 163 cm³/mol. The molecule has 0 unspecified atom stereocenters. The minimum absolute atomic E-state index is 0.544. The van der Waals surface area contributed by atoms with Gasteiger partial charge in [-0.2, -0.15) is 0 Å². The van der Waals surface area contributed by atoms with Crippen molar-refractivity contribution >= 4 is 11.4 Å². The summed E-state index contributed by atoms with van der Waals surface area (Å²) in [5.74, 6) is 0.544. The normalized spacial score (nSPS) is 13.8. The van der Waals surface area contributed by atoms with E-state index in [2.05, 4.69) is 121 Å². The predicted octanol–water partition coefficient (Wildman–Crippen LogP) is 8.89. The summed E-state index contributed by atoms with van der Waals surface area (Å²) in [5.41, 5.74) is 10.9. The maximum absolute atomic E-state index is 4.66. The Labute approximate surface area is 228 Å². The molecule has 1 aromatic heterocycles. The van der Waals surface area contributed by atoms with Gasteiger partial charge in [0.05, 0.1) is 0 Å². The van der Waals surface area contributed by atoms with Crippen LogP contribution in [0.5, 0.6) is 0 Å². The molecule has 0 radical (unpaired) electrons. The van der Waals surface area contributed by atoms with Gasteiger partial charge >= 0.3 is 0 Å². The lowest BCUT2D eigenvalue weighted by molar-refractivity contribution is 0.396. The molecular weight excluding hydrogens is 462 g/mol. The van der Waals surface area contributed by atoms with E-state index in [4.69, 9.17) is 0 Å². The van der Waals surface area contributed by atoms with Gasteiger partial charge in [-0.3, -0.25) is 4.98 Å². The van der Waals surface area contributed by atoms with E-state index in [0.717, 1.165) is 12.1 Å². The zero-order valence-corrected chi connectivity index (χ0v) is 23.0. The number of aryl methyl sites for hydroxylation is 1. The van der Waals surface area contributed by atoms with E-state index in [9.17, 15) is 0 Å². The van der Waals surface area contributed by atoms with Crippen molar-refractivity contribution in [2.75, 3.05) is 23.9 Å². The Kier molecular flexibility index (Phi) is 7.93. The largest absolute Gasteiger partial charge is 0.378 e. The summed E-state index contributed by atoms with van der Waals surface area (Å²) in [6.45, 7) is 7.57. The molecule has 3 nitrogen and oxygen atoms in total. The third kappa shape index (κ3) is 5.99. The molecule has 5 rings (SSSR count). The number of hydrogen-bond donors (Lipinski definition) is 0. The topological polar surface area (TPSA) is 19.4 Å². The molecule has 194 valence electrons. The second-order valence-corrected chi connectivity index (χ2v) is 10.9. The maximum Gasteiger partial charge on any atom is 0.0478 e. The molecule has 0 saturated heterocycles. The van der Waals surface area contributed by atoms with Gasteiger partial charge in [0.2, 0.25) is 0 Å². The van der Waals surface area contributed by atoms with Crippen LogP contribution in [0.4, 0.5) is 11.4 Å². The first-order valence-corrected chi connectivity index (χ1v) is 13.8.